The molecular formula is C13H23NO4. The Bertz CT molecular complexity index is 276. The summed E-state index contributed by atoms with van der Waals surface area (Å²) in [6.07, 6.45) is 4.37. The van der Waals surface area contributed by atoms with E-state index in [1.54, 1.807) is 0 Å². The van der Waals surface area contributed by atoms with Crippen molar-refractivity contribution < 1.29 is 19.4 Å². The molecule has 2 rings (SSSR count). The number of methoxy groups -OCH3 is 1. The fourth-order valence-electron chi connectivity index (χ4n) is 2.81. The van der Waals surface area contributed by atoms with Gasteiger partial charge < -0.3 is 19.9 Å². The van der Waals surface area contributed by atoms with Gasteiger partial charge in [0.15, 0.2) is 0 Å². The van der Waals surface area contributed by atoms with E-state index in [0.717, 1.165) is 32.1 Å². The van der Waals surface area contributed by atoms with E-state index in [-0.39, 0.29) is 30.1 Å². The highest BCUT2D eigenvalue weighted by atomic mass is 16.5. The molecular weight excluding hydrogens is 234 g/mol. The van der Waals surface area contributed by atoms with Gasteiger partial charge in [-0.2, -0.15) is 0 Å². The Balaban J connectivity index is 1.63. The number of carbonyl (C=O) groups excluding carboxylic acids is 1. The topological polar surface area (TPSA) is 67.8 Å². The van der Waals surface area contributed by atoms with Crippen LogP contribution >= 0.6 is 0 Å². The van der Waals surface area contributed by atoms with Crippen molar-refractivity contribution >= 4 is 5.97 Å². The summed E-state index contributed by atoms with van der Waals surface area (Å²) in [4.78, 5) is 11.4. The van der Waals surface area contributed by atoms with E-state index in [2.05, 4.69) is 5.32 Å². The minimum absolute atomic E-state index is 0.0567. The Morgan fingerprint density at radius 2 is 2.06 bits per heavy atom. The van der Waals surface area contributed by atoms with Crippen LogP contribution < -0.4 is 5.32 Å². The second-order valence-corrected chi connectivity index (χ2v) is 5.32. The lowest BCUT2D eigenvalue weighted by Crippen LogP contribution is -2.32. The van der Waals surface area contributed by atoms with Gasteiger partial charge in [0.05, 0.1) is 31.8 Å². The molecule has 5 nitrogen and oxygen atoms in total. The third-order valence-electron chi connectivity index (χ3n) is 3.94. The van der Waals surface area contributed by atoms with Gasteiger partial charge in [0.25, 0.3) is 0 Å². The van der Waals surface area contributed by atoms with Crippen molar-refractivity contribution in [2.24, 2.45) is 5.92 Å². The number of hydrogen-bond acceptors (Lipinski definition) is 5. The SMILES string of the molecule is COC(=O)C1CCC(OC[C@@H]2C[C@H](O)CN2)CC1. The number of nitrogens with one attached hydrogen (secondary N) is 1. The van der Waals surface area contributed by atoms with E-state index < -0.39 is 0 Å². The number of rotatable bonds is 4. The molecule has 2 atom stereocenters. The lowest BCUT2D eigenvalue weighted by Gasteiger charge is -2.27. The Labute approximate surface area is 108 Å². The minimum atomic E-state index is -0.228. The zero-order valence-electron chi connectivity index (χ0n) is 10.9. The molecule has 2 N–H and O–H groups in total. The molecule has 0 spiro atoms. The molecule has 2 aliphatic rings. The van der Waals surface area contributed by atoms with E-state index >= 15 is 0 Å². The van der Waals surface area contributed by atoms with Gasteiger partial charge in [-0.05, 0) is 32.1 Å². The number of esters is 1. The normalized spacial score (nSPS) is 36.6. The van der Waals surface area contributed by atoms with E-state index in [0.29, 0.717) is 13.2 Å². The van der Waals surface area contributed by atoms with Gasteiger partial charge in [0.2, 0.25) is 0 Å². The number of carbonyl (C=O) groups is 1. The Kier molecular flexibility index (Phi) is 4.97. The van der Waals surface area contributed by atoms with Crippen LogP contribution in [0.1, 0.15) is 32.1 Å². The summed E-state index contributed by atoms with van der Waals surface area (Å²) in [6, 6.07) is 0.276. The zero-order chi connectivity index (χ0) is 13.0. The maximum Gasteiger partial charge on any atom is 0.308 e. The molecule has 0 unspecified atom stereocenters. The van der Waals surface area contributed by atoms with Gasteiger partial charge in [0.1, 0.15) is 0 Å². The van der Waals surface area contributed by atoms with Crippen LogP contribution in [0, 0.1) is 5.92 Å². The fourth-order valence-corrected chi connectivity index (χ4v) is 2.81. The Hall–Kier alpha value is -0.650. The molecule has 0 amide bonds. The third kappa shape index (κ3) is 3.67. The first-order valence-electron chi connectivity index (χ1n) is 6.80. The molecule has 104 valence electrons. The molecule has 0 aromatic heterocycles. The quantitative estimate of drug-likeness (QED) is 0.716. The third-order valence-corrected chi connectivity index (χ3v) is 3.94. The van der Waals surface area contributed by atoms with E-state index in [1.807, 2.05) is 0 Å². The average molecular weight is 257 g/mol. The smallest absolute Gasteiger partial charge is 0.308 e. The molecule has 1 aliphatic heterocycles. The average Bonchev–Trinajstić information content (AvgIpc) is 2.82. The van der Waals surface area contributed by atoms with E-state index in [1.165, 1.54) is 7.11 Å². The molecule has 0 aromatic carbocycles. The minimum Gasteiger partial charge on any atom is -0.469 e. The summed E-state index contributed by atoms with van der Waals surface area (Å²) in [5, 5.41) is 12.6. The molecule has 18 heavy (non-hydrogen) atoms. The number of hydrogen-bond donors (Lipinski definition) is 2. The van der Waals surface area contributed by atoms with Crippen LogP contribution in [-0.4, -0.2) is 49.6 Å². The van der Waals surface area contributed by atoms with Crippen molar-refractivity contribution in [3.63, 3.8) is 0 Å². The van der Waals surface area contributed by atoms with E-state index in [9.17, 15) is 9.90 Å². The molecule has 1 aliphatic carbocycles. The van der Waals surface area contributed by atoms with Gasteiger partial charge in [-0.15, -0.1) is 0 Å². The lowest BCUT2D eigenvalue weighted by molar-refractivity contribution is -0.147. The Morgan fingerprint density at radius 1 is 1.33 bits per heavy atom. The maximum absolute atomic E-state index is 11.4. The molecule has 1 saturated carbocycles. The van der Waals surface area contributed by atoms with Crippen LogP contribution in [0.2, 0.25) is 0 Å². The van der Waals surface area contributed by atoms with Gasteiger partial charge in [0, 0.05) is 12.6 Å². The summed E-state index contributed by atoms with van der Waals surface area (Å²) in [6.45, 7) is 1.33. The van der Waals surface area contributed by atoms with Crippen LogP contribution in [0.25, 0.3) is 0 Å². The van der Waals surface area contributed by atoms with Crippen LogP contribution in [0.3, 0.4) is 0 Å². The predicted octanol–water partition coefficient (Wildman–Crippen LogP) is 0.458. The maximum atomic E-state index is 11.4. The second-order valence-electron chi connectivity index (χ2n) is 5.32. The first kappa shape index (κ1) is 13.8. The molecule has 5 heteroatoms. The van der Waals surface area contributed by atoms with Gasteiger partial charge in [-0.1, -0.05) is 0 Å². The summed E-state index contributed by atoms with van der Waals surface area (Å²) in [7, 11) is 1.45. The summed E-state index contributed by atoms with van der Waals surface area (Å²) in [5.41, 5.74) is 0. The molecule has 0 radical (unpaired) electrons. The summed E-state index contributed by atoms with van der Waals surface area (Å²) >= 11 is 0. The number of aliphatic hydroxyl groups excluding tert-OH is 1. The van der Waals surface area contributed by atoms with Crippen molar-refractivity contribution in [3.8, 4) is 0 Å². The monoisotopic (exact) mass is 257 g/mol. The molecule has 1 saturated heterocycles. The second kappa shape index (κ2) is 6.50. The largest absolute Gasteiger partial charge is 0.469 e. The van der Waals surface area contributed by atoms with Crippen LogP contribution in [0.5, 0.6) is 0 Å². The highest BCUT2D eigenvalue weighted by Crippen LogP contribution is 2.27. The fraction of sp³-hybridized carbons (Fsp3) is 0.923. The molecule has 0 aromatic rings. The summed E-state index contributed by atoms with van der Waals surface area (Å²) in [5.74, 6) is -0.0321. The van der Waals surface area contributed by atoms with Gasteiger partial charge >= 0.3 is 5.97 Å². The standard InChI is InChI=1S/C13H23NO4/c1-17-13(16)9-2-4-12(5-3-9)18-8-10-6-11(15)7-14-10/h9-12,14-15H,2-8H2,1H3/t9?,10-,11-,12?/m0/s1. The van der Waals surface area contributed by atoms with Crippen LogP contribution in [-0.2, 0) is 14.3 Å². The van der Waals surface area contributed by atoms with Crippen LogP contribution in [0.15, 0.2) is 0 Å². The zero-order valence-corrected chi connectivity index (χ0v) is 10.9. The molecule has 0 bridgehead atoms. The predicted molar refractivity (Wildman–Crippen MR) is 66.1 cm³/mol. The van der Waals surface area contributed by atoms with Crippen molar-refractivity contribution in [2.75, 3.05) is 20.3 Å². The lowest BCUT2D eigenvalue weighted by atomic mass is 9.87. The van der Waals surface area contributed by atoms with Crippen molar-refractivity contribution in [3.05, 3.63) is 0 Å². The van der Waals surface area contributed by atoms with E-state index in [4.69, 9.17) is 9.47 Å². The van der Waals surface area contributed by atoms with Crippen LogP contribution in [0.4, 0.5) is 0 Å². The van der Waals surface area contributed by atoms with Crippen molar-refractivity contribution in [1.82, 2.24) is 5.32 Å². The van der Waals surface area contributed by atoms with Crippen molar-refractivity contribution in [2.45, 2.75) is 50.4 Å². The first-order valence-corrected chi connectivity index (χ1v) is 6.80. The highest BCUT2D eigenvalue weighted by Gasteiger charge is 2.28. The Morgan fingerprint density at radius 3 is 2.61 bits per heavy atom. The molecule has 2 fully saturated rings. The summed E-state index contributed by atoms with van der Waals surface area (Å²) < 4.78 is 10.6. The first-order chi connectivity index (χ1) is 8.69. The highest BCUT2D eigenvalue weighted by molar-refractivity contribution is 5.72. The number of aliphatic hydroxyl groups is 1. The number of β-amino-alcohol motifs (C(OH)–C–C–N with tert-alkyl or cyclic N) is 1. The van der Waals surface area contributed by atoms with Gasteiger partial charge in [-0.3, -0.25) is 4.79 Å². The van der Waals surface area contributed by atoms with Crippen molar-refractivity contribution in [1.29, 1.82) is 0 Å². The molecule has 1 heterocycles. The van der Waals surface area contributed by atoms with Gasteiger partial charge in [-0.25, -0.2) is 0 Å². The number of ether oxygens (including phenoxy) is 2.